The molecule has 1 aliphatic rings. The van der Waals surface area contributed by atoms with Crippen LogP contribution in [0.5, 0.6) is 5.06 Å². The Bertz CT molecular complexity index is 507. The highest BCUT2D eigenvalue weighted by atomic mass is 32.1. The van der Waals surface area contributed by atoms with Crippen molar-refractivity contribution in [3.05, 3.63) is 10.9 Å². The van der Waals surface area contributed by atoms with Crippen molar-refractivity contribution in [3.63, 3.8) is 0 Å². The van der Waals surface area contributed by atoms with Gasteiger partial charge >= 0.3 is 13.1 Å². The first-order valence-electron chi connectivity index (χ1n) is 6.33. The normalized spacial score (nSPS) is 20.0. The molecule has 0 aliphatic carbocycles. The minimum absolute atomic E-state index is 0.393. The summed E-state index contributed by atoms with van der Waals surface area (Å²) in [6.07, 6.45) is 0. The summed E-state index contributed by atoms with van der Waals surface area (Å²) in [6, 6.07) is 1.71. The molecule has 5 nitrogen and oxygen atoms in total. The topological polar surface area (TPSA) is 54.0 Å². The zero-order chi connectivity index (χ0) is 15.1. The maximum atomic E-state index is 11.6. The second kappa shape index (κ2) is 5.05. The molecular formula is C13H19BO5S. The van der Waals surface area contributed by atoms with Gasteiger partial charge in [-0.3, -0.25) is 0 Å². The van der Waals surface area contributed by atoms with Gasteiger partial charge in [0.1, 0.15) is 4.88 Å². The van der Waals surface area contributed by atoms with Crippen molar-refractivity contribution in [3.8, 4) is 5.06 Å². The van der Waals surface area contributed by atoms with Gasteiger partial charge in [0.15, 0.2) is 5.06 Å². The molecule has 0 N–H and O–H groups in total. The SMILES string of the molecule is COC(=O)c1cc(B2OC(C)(C)C(C)(C)O2)c(OC)s1. The molecule has 0 unspecified atom stereocenters. The first-order valence-corrected chi connectivity index (χ1v) is 7.15. The van der Waals surface area contributed by atoms with Gasteiger partial charge in [0, 0.05) is 5.46 Å². The van der Waals surface area contributed by atoms with Gasteiger partial charge in [-0.05, 0) is 33.8 Å². The van der Waals surface area contributed by atoms with Crippen molar-refractivity contribution >= 4 is 29.9 Å². The van der Waals surface area contributed by atoms with Crippen LogP contribution >= 0.6 is 11.3 Å². The highest BCUT2D eigenvalue weighted by Crippen LogP contribution is 2.38. The number of thiophene rings is 1. The second-order valence-electron chi connectivity index (χ2n) is 5.64. The summed E-state index contributed by atoms with van der Waals surface area (Å²) in [4.78, 5) is 12.1. The quantitative estimate of drug-likeness (QED) is 0.629. The number of rotatable bonds is 3. The fraction of sp³-hybridized carbons (Fsp3) is 0.615. The number of ether oxygens (including phenoxy) is 2. The van der Waals surface area contributed by atoms with E-state index in [1.54, 1.807) is 13.2 Å². The molecule has 2 rings (SSSR count). The molecule has 110 valence electrons. The smallest absolute Gasteiger partial charge is 0.488 e. The van der Waals surface area contributed by atoms with Crippen LogP contribution in [-0.2, 0) is 14.0 Å². The summed E-state index contributed by atoms with van der Waals surface area (Å²) < 4.78 is 22.0. The molecule has 1 saturated heterocycles. The van der Waals surface area contributed by atoms with E-state index < -0.39 is 24.3 Å². The van der Waals surface area contributed by atoms with E-state index in [-0.39, 0.29) is 0 Å². The van der Waals surface area contributed by atoms with E-state index in [1.165, 1.54) is 18.4 Å². The van der Waals surface area contributed by atoms with E-state index in [1.807, 2.05) is 27.7 Å². The number of hydrogen-bond donors (Lipinski definition) is 0. The van der Waals surface area contributed by atoms with Crippen LogP contribution in [0.1, 0.15) is 37.4 Å². The summed E-state index contributed by atoms with van der Waals surface area (Å²) in [6.45, 7) is 7.92. The van der Waals surface area contributed by atoms with Gasteiger partial charge in [0.2, 0.25) is 0 Å². The number of carbonyl (C=O) groups excluding carboxylic acids is 1. The Labute approximate surface area is 123 Å². The summed E-state index contributed by atoms with van der Waals surface area (Å²) in [5, 5.41) is 0.601. The molecule has 0 bridgehead atoms. The Morgan fingerprint density at radius 3 is 2.20 bits per heavy atom. The first-order chi connectivity index (χ1) is 9.21. The highest BCUT2D eigenvalue weighted by molar-refractivity contribution is 7.17. The van der Waals surface area contributed by atoms with Crippen LogP contribution in [0, 0.1) is 0 Å². The minimum atomic E-state index is -0.551. The molecule has 0 saturated carbocycles. The predicted molar refractivity (Wildman–Crippen MR) is 77.9 cm³/mol. The zero-order valence-electron chi connectivity index (χ0n) is 12.6. The van der Waals surface area contributed by atoms with Gasteiger partial charge < -0.3 is 18.8 Å². The van der Waals surface area contributed by atoms with E-state index in [0.717, 1.165) is 5.46 Å². The third kappa shape index (κ3) is 2.45. The molecule has 0 spiro atoms. The van der Waals surface area contributed by atoms with E-state index in [2.05, 4.69) is 0 Å². The standard InChI is InChI=1S/C13H19BO5S/c1-12(2)13(3,4)19-14(18-12)8-7-9(10(15)16-5)20-11(8)17-6/h7H,1-6H3. The van der Waals surface area contributed by atoms with Gasteiger partial charge in [-0.25, -0.2) is 4.79 Å². The Kier molecular flexibility index (Phi) is 3.88. The Balaban J connectivity index is 2.34. The van der Waals surface area contributed by atoms with Gasteiger partial charge in [0.25, 0.3) is 0 Å². The monoisotopic (exact) mass is 298 g/mol. The Morgan fingerprint density at radius 1 is 1.20 bits per heavy atom. The number of carbonyl (C=O) groups is 1. The number of hydrogen-bond acceptors (Lipinski definition) is 6. The molecule has 1 fully saturated rings. The summed E-state index contributed by atoms with van der Waals surface area (Å²) >= 11 is 1.22. The molecule has 1 aromatic heterocycles. The van der Waals surface area contributed by atoms with Crippen molar-refractivity contribution in [2.45, 2.75) is 38.9 Å². The number of methoxy groups -OCH3 is 2. The molecule has 0 radical (unpaired) electrons. The Hall–Kier alpha value is -1.05. The predicted octanol–water partition coefficient (Wildman–Crippen LogP) is 1.84. The van der Waals surface area contributed by atoms with Crippen LogP contribution in [0.15, 0.2) is 6.07 Å². The lowest BCUT2D eigenvalue weighted by molar-refractivity contribution is 0.00578. The Morgan fingerprint density at radius 2 is 1.75 bits per heavy atom. The zero-order valence-corrected chi connectivity index (χ0v) is 13.4. The molecule has 0 aromatic carbocycles. The molecule has 2 heterocycles. The van der Waals surface area contributed by atoms with E-state index >= 15 is 0 Å². The molecule has 20 heavy (non-hydrogen) atoms. The van der Waals surface area contributed by atoms with Crippen molar-refractivity contribution in [2.24, 2.45) is 0 Å². The lowest BCUT2D eigenvalue weighted by Crippen LogP contribution is -2.41. The first kappa shape index (κ1) is 15.3. The van der Waals surface area contributed by atoms with Crippen LogP contribution in [0.2, 0.25) is 0 Å². The minimum Gasteiger partial charge on any atom is -0.488 e. The lowest BCUT2D eigenvalue weighted by Gasteiger charge is -2.32. The average molecular weight is 298 g/mol. The van der Waals surface area contributed by atoms with Crippen LogP contribution < -0.4 is 10.2 Å². The molecule has 1 aliphatic heterocycles. The largest absolute Gasteiger partial charge is 0.499 e. The maximum Gasteiger partial charge on any atom is 0.499 e. The third-order valence-corrected chi connectivity index (χ3v) is 4.90. The fourth-order valence-electron chi connectivity index (χ4n) is 1.88. The van der Waals surface area contributed by atoms with Gasteiger partial charge in [-0.2, -0.15) is 0 Å². The lowest BCUT2D eigenvalue weighted by atomic mass is 9.80. The summed E-state index contributed by atoms with van der Waals surface area (Å²) in [5.74, 6) is -0.393. The van der Waals surface area contributed by atoms with E-state index in [0.29, 0.717) is 9.94 Å². The molecular weight excluding hydrogens is 279 g/mol. The fourth-order valence-corrected chi connectivity index (χ4v) is 2.79. The van der Waals surface area contributed by atoms with Crippen molar-refractivity contribution in [1.29, 1.82) is 0 Å². The van der Waals surface area contributed by atoms with Gasteiger partial charge in [-0.15, -0.1) is 0 Å². The molecule has 0 atom stereocenters. The van der Waals surface area contributed by atoms with Crippen molar-refractivity contribution in [1.82, 2.24) is 0 Å². The van der Waals surface area contributed by atoms with Crippen LogP contribution in [-0.4, -0.2) is 38.5 Å². The highest BCUT2D eigenvalue weighted by Gasteiger charge is 2.53. The summed E-state index contributed by atoms with van der Waals surface area (Å²) in [5.41, 5.74) is -0.150. The molecule has 7 heteroatoms. The van der Waals surface area contributed by atoms with Crippen molar-refractivity contribution in [2.75, 3.05) is 14.2 Å². The molecule has 1 aromatic rings. The second-order valence-corrected chi connectivity index (χ2v) is 6.65. The average Bonchev–Trinajstić information content (AvgIpc) is 2.88. The van der Waals surface area contributed by atoms with E-state index in [4.69, 9.17) is 18.8 Å². The summed E-state index contributed by atoms with van der Waals surface area (Å²) in [7, 11) is 2.36. The van der Waals surface area contributed by atoms with Gasteiger partial charge in [0.05, 0.1) is 25.4 Å². The van der Waals surface area contributed by atoms with Crippen LogP contribution in [0.4, 0.5) is 0 Å². The van der Waals surface area contributed by atoms with Gasteiger partial charge in [-0.1, -0.05) is 11.3 Å². The van der Waals surface area contributed by atoms with Crippen LogP contribution in [0.25, 0.3) is 0 Å². The third-order valence-electron chi connectivity index (χ3n) is 3.80. The maximum absolute atomic E-state index is 11.6. The number of esters is 1. The molecule has 0 amide bonds. The van der Waals surface area contributed by atoms with Crippen LogP contribution in [0.3, 0.4) is 0 Å². The van der Waals surface area contributed by atoms with E-state index in [9.17, 15) is 4.79 Å². The van der Waals surface area contributed by atoms with Crippen molar-refractivity contribution < 1.29 is 23.6 Å².